The monoisotopic (exact) mass is 686 g/mol. The van der Waals surface area contributed by atoms with Gasteiger partial charge in [0.25, 0.3) is 0 Å². The van der Waals surface area contributed by atoms with E-state index in [9.17, 15) is 79.0 Å². The van der Waals surface area contributed by atoms with Crippen LogP contribution in [-0.4, -0.2) is 47.9 Å². The highest BCUT2D eigenvalue weighted by molar-refractivity contribution is 5.77. The van der Waals surface area contributed by atoms with E-state index in [1.165, 1.54) is 36.4 Å². The van der Waals surface area contributed by atoms with Crippen molar-refractivity contribution >= 4 is 0 Å². The lowest BCUT2D eigenvalue weighted by molar-refractivity contribution is -0.396. The molecule has 0 aliphatic heterocycles. The summed E-state index contributed by atoms with van der Waals surface area (Å²) >= 11 is 0. The fourth-order valence-corrected chi connectivity index (χ4v) is 4.79. The SMILES string of the molecule is FC(F)(F)C(F)(F)C(F)(F)C(F)(F)CCCc1ccc2c(c1)Cc1cc(CCCC(F)(F)C(F)(F)C(F)(F)C(F)(F)F)ccc1-2. The van der Waals surface area contributed by atoms with E-state index in [4.69, 9.17) is 0 Å². The van der Waals surface area contributed by atoms with Crippen LogP contribution in [-0.2, 0) is 19.3 Å². The van der Waals surface area contributed by atoms with Crippen molar-refractivity contribution in [3.63, 3.8) is 0 Å². The number of hydrogen-bond donors (Lipinski definition) is 0. The van der Waals surface area contributed by atoms with E-state index >= 15 is 0 Å². The molecule has 18 heteroatoms. The highest BCUT2D eigenvalue weighted by Gasteiger charge is 2.82. The Morgan fingerprint density at radius 2 is 0.733 bits per heavy atom. The average molecular weight is 686 g/mol. The van der Waals surface area contributed by atoms with Gasteiger partial charge in [0.1, 0.15) is 0 Å². The Kier molecular flexibility index (Phi) is 9.33. The van der Waals surface area contributed by atoms with Crippen molar-refractivity contribution in [2.45, 2.75) is 92.8 Å². The number of alkyl halides is 18. The first-order chi connectivity index (χ1) is 20.1. The first-order valence-electron chi connectivity index (χ1n) is 12.7. The summed E-state index contributed by atoms with van der Waals surface area (Å²) in [4.78, 5) is 0. The average Bonchev–Trinajstić information content (AvgIpc) is 3.23. The molecule has 1 aliphatic rings. The highest BCUT2D eigenvalue weighted by atomic mass is 19.4. The minimum Gasteiger partial charge on any atom is -0.200 e. The van der Waals surface area contributed by atoms with Crippen LogP contribution < -0.4 is 0 Å². The van der Waals surface area contributed by atoms with E-state index < -0.39 is 86.4 Å². The predicted octanol–water partition coefficient (Wildman–Crippen LogP) is 10.8. The van der Waals surface area contributed by atoms with Gasteiger partial charge in [-0.1, -0.05) is 36.4 Å². The van der Waals surface area contributed by atoms with Crippen LogP contribution in [0.2, 0.25) is 0 Å². The van der Waals surface area contributed by atoms with Crippen molar-refractivity contribution in [1.29, 1.82) is 0 Å². The van der Waals surface area contributed by atoms with Crippen LogP contribution in [0, 0.1) is 0 Å². The zero-order valence-corrected chi connectivity index (χ0v) is 22.2. The molecule has 0 spiro atoms. The van der Waals surface area contributed by atoms with Gasteiger partial charge in [-0.25, -0.2) is 0 Å². The summed E-state index contributed by atoms with van der Waals surface area (Å²) in [6, 6.07) is 8.45. The summed E-state index contributed by atoms with van der Waals surface area (Å²) in [7, 11) is 0. The predicted molar refractivity (Wildman–Crippen MR) is 122 cm³/mol. The van der Waals surface area contributed by atoms with Crippen LogP contribution in [0.15, 0.2) is 36.4 Å². The first-order valence-corrected chi connectivity index (χ1v) is 12.7. The van der Waals surface area contributed by atoms with Crippen molar-refractivity contribution in [2.75, 3.05) is 0 Å². The molecule has 0 radical (unpaired) electrons. The topological polar surface area (TPSA) is 0 Å². The van der Waals surface area contributed by atoms with Gasteiger partial charge in [-0.2, -0.15) is 79.0 Å². The number of benzene rings is 2. The van der Waals surface area contributed by atoms with Gasteiger partial charge in [-0.3, -0.25) is 0 Å². The molecule has 0 atom stereocenters. The minimum absolute atomic E-state index is 0.102. The zero-order valence-electron chi connectivity index (χ0n) is 22.2. The summed E-state index contributed by atoms with van der Waals surface area (Å²) in [5, 5.41) is 0. The van der Waals surface area contributed by atoms with E-state index in [1.54, 1.807) is 0 Å². The van der Waals surface area contributed by atoms with Crippen LogP contribution in [0.5, 0.6) is 0 Å². The van der Waals surface area contributed by atoms with E-state index in [0.29, 0.717) is 22.3 Å². The molecular formula is C27H20F18. The maximum absolute atomic E-state index is 13.8. The zero-order chi connectivity index (χ0) is 34.7. The van der Waals surface area contributed by atoms with Crippen molar-refractivity contribution in [1.82, 2.24) is 0 Å². The molecule has 2 aromatic carbocycles. The summed E-state index contributed by atoms with van der Waals surface area (Å²) in [5.41, 5.74) is 2.59. The van der Waals surface area contributed by atoms with Gasteiger partial charge >= 0.3 is 47.9 Å². The number of rotatable bonds is 12. The number of fused-ring (bicyclic) bond motifs is 3. The second-order valence-corrected chi connectivity index (χ2v) is 10.6. The molecule has 2 aromatic rings. The summed E-state index contributed by atoms with van der Waals surface area (Å²) in [5.74, 6) is -38.9. The van der Waals surface area contributed by atoms with Gasteiger partial charge in [0.15, 0.2) is 0 Å². The molecule has 0 fully saturated rings. The Labute approximate surface area is 242 Å². The van der Waals surface area contributed by atoms with Gasteiger partial charge in [0.2, 0.25) is 0 Å². The first kappa shape index (κ1) is 36.6. The maximum Gasteiger partial charge on any atom is 0.460 e. The lowest BCUT2D eigenvalue weighted by Gasteiger charge is -2.33. The van der Waals surface area contributed by atoms with Gasteiger partial charge in [0, 0.05) is 12.8 Å². The van der Waals surface area contributed by atoms with Gasteiger partial charge in [0.05, 0.1) is 0 Å². The van der Waals surface area contributed by atoms with Crippen LogP contribution in [0.3, 0.4) is 0 Å². The largest absolute Gasteiger partial charge is 0.460 e. The smallest absolute Gasteiger partial charge is 0.200 e. The molecule has 0 unspecified atom stereocenters. The summed E-state index contributed by atoms with van der Waals surface area (Å²) in [6.07, 6.45) is -20.4. The Balaban J connectivity index is 1.63. The Bertz CT molecular complexity index is 1260. The molecule has 0 amide bonds. The molecule has 0 N–H and O–H groups in total. The fraction of sp³-hybridized carbons (Fsp3) is 0.556. The van der Waals surface area contributed by atoms with Gasteiger partial charge in [-0.15, -0.1) is 0 Å². The Morgan fingerprint density at radius 1 is 0.422 bits per heavy atom. The fourth-order valence-electron chi connectivity index (χ4n) is 4.79. The van der Waals surface area contributed by atoms with Crippen molar-refractivity contribution in [3.05, 3.63) is 58.7 Å². The molecule has 0 heterocycles. The standard InChI is InChI=1S/C27H20F18/c28-20(29,22(32,33)24(36,37)26(40,41)42)9-1-3-14-5-7-18-16(11-14)13-17-12-15(6-8-19(17)18)4-2-10-21(30,31)23(34,35)25(38,39)27(43,44)45/h5-8,11-12H,1-4,9-10,13H2. The minimum atomic E-state index is -6.99. The van der Waals surface area contributed by atoms with Gasteiger partial charge < -0.3 is 0 Å². The third-order valence-corrected chi connectivity index (χ3v) is 7.34. The summed E-state index contributed by atoms with van der Waals surface area (Å²) in [6.45, 7) is 0. The third kappa shape index (κ3) is 6.43. The van der Waals surface area contributed by atoms with Crippen molar-refractivity contribution in [3.8, 4) is 11.1 Å². The van der Waals surface area contributed by atoms with E-state index in [0.717, 1.165) is 0 Å². The second kappa shape index (κ2) is 11.5. The highest BCUT2D eigenvalue weighted by Crippen LogP contribution is 2.55. The quantitative estimate of drug-likeness (QED) is 0.166. The van der Waals surface area contributed by atoms with Crippen molar-refractivity contribution in [2.24, 2.45) is 0 Å². The molecule has 0 saturated carbocycles. The maximum atomic E-state index is 13.8. The van der Waals surface area contributed by atoms with Crippen LogP contribution >= 0.6 is 0 Å². The third-order valence-electron chi connectivity index (χ3n) is 7.34. The molecule has 0 bridgehead atoms. The molecular weight excluding hydrogens is 666 g/mol. The number of halogens is 18. The Hall–Kier alpha value is -2.82. The number of aryl methyl sites for hydroxylation is 2. The molecule has 45 heavy (non-hydrogen) atoms. The summed E-state index contributed by atoms with van der Waals surface area (Å²) < 4.78 is 235. The molecule has 0 nitrogen and oxygen atoms in total. The molecule has 3 rings (SSSR count). The van der Waals surface area contributed by atoms with E-state index in [2.05, 4.69) is 0 Å². The molecule has 1 aliphatic carbocycles. The molecule has 254 valence electrons. The van der Waals surface area contributed by atoms with E-state index in [-0.39, 0.29) is 17.5 Å². The Morgan fingerprint density at radius 3 is 1.02 bits per heavy atom. The van der Waals surface area contributed by atoms with E-state index in [1.807, 2.05) is 0 Å². The van der Waals surface area contributed by atoms with Crippen LogP contribution in [0.1, 0.15) is 47.9 Å². The van der Waals surface area contributed by atoms with Crippen molar-refractivity contribution < 1.29 is 79.0 Å². The molecule has 0 aromatic heterocycles. The number of hydrogen-bond acceptors (Lipinski definition) is 0. The molecule has 0 saturated heterocycles. The second-order valence-electron chi connectivity index (χ2n) is 10.6. The van der Waals surface area contributed by atoms with Crippen LogP contribution in [0.25, 0.3) is 11.1 Å². The normalized spacial score (nSPS) is 15.3. The lowest BCUT2D eigenvalue weighted by Crippen LogP contribution is -2.60. The van der Waals surface area contributed by atoms with Gasteiger partial charge in [-0.05, 0) is 65.5 Å². The van der Waals surface area contributed by atoms with Crippen LogP contribution in [0.4, 0.5) is 79.0 Å². The lowest BCUT2D eigenvalue weighted by atomic mass is 9.95.